The Morgan fingerprint density at radius 3 is 2.64 bits per heavy atom. The zero-order valence-corrected chi connectivity index (χ0v) is 18.1. The van der Waals surface area contributed by atoms with Crippen molar-refractivity contribution < 1.29 is 9.53 Å². The highest BCUT2D eigenvalue weighted by Gasteiger charge is 2.18. The van der Waals surface area contributed by atoms with E-state index in [-0.39, 0.29) is 12.5 Å². The van der Waals surface area contributed by atoms with Gasteiger partial charge in [-0.1, -0.05) is 42.5 Å². The summed E-state index contributed by atoms with van der Waals surface area (Å²) in [5.41, 5.74) is 2.99. The first-order chi connectivity index (χ1) is 16.0. The normalized spacial score (nSPS) is 11.1. The summed E-state index contributed by atoms with van der Waals surface area (Å²) in [6.07, 6.45) is 0. The molecular weight excluding hydrogens is 418 g/mol. The van der Waals surface area contributed by atoms with Crippen molar-refractivity contribution in [3.05, 3.63) is 88.8 Å². The molecule has 0 bridgehead atoms. The molecule has 0 aliphatic heterocycles. The minimum atomic E-state index is -0.440. The summed E-state index contributed by atoms with van der Waals surface area (Å²) in [4.78, 5) is 30.8. The molecule has 1 N–H and O–H groups in total. The molecule has 0 saturated carbocycles. The summed E-state index contributed by atoms with van der Waals surface area (Å²) in [5.74, 6) is 0.767. The van der Waals surface area contributed by atoms with Crippen molar-refractivity contribution in [3.8, 4) is 17.1 Å². The Bertz CT molecular complexity index is 1570. The topological polar surface area (TPSA) is 90.5 Å². The molecule has 164 valence electrons. The third kappa shape index (κ3) is 3.71. The van der Waals surface area contributed by atoms with Crippen LogP contribution < -0.4 is 15.7 Å². The lowest BCUT2D eigenvalue weighted by atomic mass is 10.2. The summed E-state index contributed by atoms with van der Waals surface area (Å²) in [5, 5.41) is 8.07. The minimum absolute atomic E-state index is 0.155. The number of anilines is 1. The number of carbonyl (C=O) groups excluding carboxylic acids is 1. The number of benzene rings is 3. The van der Waals surface area contributed by atoms with Crippen LogP contribution in [0.25, 0.3) is 27.9 Å². The highest BCUT2D eigenvalue weighted by molar-refractivity contribution is 5.95. The Balaban J connectivity index is 1.61. The van der Waals surface area contributed by atoms with Gasteiger partial charge >= 0.3 is 5.69 Å². The molecule has 2 aromatic heterocycles. The van der Waals surface area contributed by atoms with E-state index in [1.54, 1.807) is 13.2 Å². The van der Waals surface area contributed by atoms with E-state index in [9.17, 15) is 9.59 Å². The summed E-state index contributed by atoms with van der Waals surface area (Å²) in [7, 11) is 1.59. The monoisotopic (exact) mass is 439 g/mol. The first-order valence-electron chi connectivity index (χ1n) is 10.4. The minimum Gasteiger partial charge on any atom is -0.497 e. The molecule has 0 spiro atoms. The second kappa shape index (κ2) is 8.23. The average molecular weight is 439 g/mol. The average Bonchev–Trinajstić information content (AvgIpc) is 3.29. The number of aromatic nitrogens is 4. The number of methoxy groups -OCH3 is 1. The SMILES string of the molecule is COc1cccc(-c2nc3c4ccccc4n(CC(=O)Nc4ccccc4C)c(=O)n3n2)c1. The first-order valence-corrected chi connectivity index (χ1v) is 10.4. The van der Waals surface area contributed by atoms with Crippen LogP contribution in [0.15, 0.2) is 77.6 Å². The Morgan fingerprint density at radius 1 is 1.03 bits per heavy atom. The summed E-state index contributed by atoms with van der Waals surface area (Å²) in [6, 6.07) is 22.2. The maximum atomic E-state index is 13.4. The molecule has 5 aromatic rings. The smallest absolute Gasteiger partial charge is 0.351 e. The Hall–Kier alpha value is -4.46. The molecule has 1 amide bonds. The van der Waals surface area contributed by atoms with Gasteiger partial charge in [0.05, 0.1) is 12.6 Å². The third-order valence-electron chi connectivity index (χ3n) is 5.50. The van der Waals surface area contributed by atoms with Crippen molar-refractivity contribution in [1.29, 1.82) is 0 Å². The van der Waals surface area contributed by atoms with Gasteiger partial charge in [0.2, 0.25) is 5.91 Å². The second-order valence-electron chi connectivity index (χ2n) is 7.65. The van der Waals surface area contributed by atoms with Crippen molar-refractivity contribution >= 4 is 28.1 Å². The van der Waals surface area contributed by atoms with Crippen molar-refractivity contribution in [2.45, 2.75) is 13.5 Å². The van der Waals surface area contributed by atoms with Crippen LogP contribution in [0.3, 0.4) is 0 Å². The van der Waals surface area contributed by atoms with Crippen LogP contribution in [-0.2, 0) is 11.3 Å². The summed E-state index contributed by atoms with van der Waals surface area (Å²) < 4.78 is 7.96. The first kappa shape index (κ1) is 20.4. The fourth-order valence-corrected chi connectivity index (χ4v) is 3.82. The fourth-order valence-electron chi connectivity index (χ4n) is 3.82. The van der Waals surface area contributed by atoms with Crippen molar-refractivity contribution in [2.24, 2.45) is 0 Å². The van der Waals surface area contributed by atoms with E-state index in [4.69, 9.17) is 4.74 Å². The molecule has 8 heteroatoms. The van der Waals surface area contributed by atoms with Gasteiger partial charge in [-0.15, -0.1) is 5.10 Å². The number of nitrogens with one attached hydrogen (secondary N) is 1. The molecule has 0 aliphatic rings. The molecule has 2 heterocycles. The van der Waals surface area contributed by atoms with Crippen molar-refractivity contribution in [3.63, 3.8) is 0 Å². The highest BCUT2D eigenvalue weighted by atomic mass is 16.5. The van der Waals surface area contributed by atoms with Crippen LogP contribution in [-0.4, -0.2) is 32.2 Å². The summed E-state index contributed by atoms with van der Waals surface area (Å²) >= 11 is 0. The molecule has 33 heavy (non-hydrogen) atoms. The van der Waals surface area contributed by atoms with E-state index in [0.717, 1.165) is 16.5 Å². The van der Waals surface area contributed by atoms with E-state index >= 15 is 0 Å². The Labute approximate surface area is 189 Å². The zero-order chi connectivity index (χ0) is 22.9. The highest BCUT2D eigenvalue weighted by Crippen LogP contribution is 2.24. The maximum absolute atomic E-state index is 13.4. The number of carbonyl (C=O) groups is 1. The van der Waals surface area contributed by atoms with Gasteiger partial charge in [0.1, 0.15) is 12.3 Å². The van der Waals surface area contributed by atoms with Crippen molar-refractivity contribution in [1.82, 2.24) is 19.2 Å². The van der Waals surface area contributed by atoms with Gasteiger partial charge in [0.15, 0.2) is 11.5 Å². The van der Waals surface area contributed by atoms with Gasteiger partial charge in [0, 0.05) is 16.6 Å². The van der Waals surface area contributed by atoms with Gasteiger partial charge in [0.25, 0.3) is 0 Å². The molecule has 8 nitrogen and oxygen atoms in total. The van der Waals surface area contributed by atoms with Crippen LogP contribution in [0, 0.1) is 6.92 Å². The van der Waals surface area contributed by atoms with Gasteiger partial charge < -0.3 is 10.1 Å². The number of ether oxygens (including phenoxy) is 1. The fraction of sp³-hybridized carbons (Fsp3) is 0.120. The van der Waals surface area contributed by atoms with Gasteiger partial charge in [-0.05, 0) is 42.8 Å². The van der Waals surface area contributed by atoms with Crippen LogP contribution in [0.5, 0.6) is 5.75 Å². The molecule has 3 aromatic carbocycles. The molecule has 0 fully saturated rings. The molecule has 0 saturated heterocycles. The lowest BCUT2D eigenvalue weighted by Gasteiger charge is -2.12. The molecule has 5 rings (SSSR count). The van der Waals surface area contributed by atoms with Gasteiger partial charge in [-0.3, -0.25) is 9.36 Å². The van der Waals surface area contributed by atoms with E-state index in [1.807, 2.05) is 73.7 Å². The lowest BCUT2D eigenvalue weighted by molar-refractivity contribution is -0.116. The Kier molecular flexibility index (Phi) is 5.10. The van der Waals surface area contributed by atoms with Crippen LogP contribution in [0.2, 0.25) is 0 Å². The van der Waals surface area contributed by atoms with E-state index in [2.05, 4.69) is 15.4 Å². The second-order valence-corrected chi connectivity index (χ2v) is 7.65. The predicted molar refractivity (Wildman–Crippen MR) is 127 cm³/mol. The molecule has 0 aliphatic carbocycles. The standard InChI is InChI=1S/C25H21N5O3/c1-16-8-3-5-12-20(16)26-22(31)15-29-21-13-6-4-11-19(21)24-27-23(28-30(24)25(29)32)17-9-7-10-18(14-17)33-2/h3-14H,15H2,1-2H3,(H,26,31). The summed E-state index contributed by atoms with van der Waals surface area (Å²) in [6.45, 7) is 1.76. The van der Waals surface area contributed by atoms with Crippen LogP contribution >= 0.6 is 0 Å². The number of hydrogen-bond donors (Lipinski definition) is 1. The molecular formula is C25H21N5O3. The van der Waals surface area contributed by atoms with Crippen LogP contribution in [0.4, 0.5) is 5.69 Å². The number of aryl methyl sites for hydroxylation is 1. The number of fused-ring (bicyclic) bond motifs is 3. The zero-order valence-electron chi connectivity index (χ0n) is 18.1. The van der Waals surface area contributed by atoms with E-state index < -0.39 is 5.69 Å². The molecule has 0 unspecified atom stereocenters. The molecule has 0 atom stereocenters. The quantitative estimate of drug-likeness (QED) is 0.451. The number of nitrogens with zero attached hydrogens (tertiary/aromatic N) is 4. The lowest BCUT2D eigenvalue weighted by Crippen LogP contribution is -2.32. The number of rotatable bonds is 5. The number of hydrogen-bond acceptors (Lipinski definition) is 5. The predicted octanol–water partition coefficient (Wildman–Crippen LogP) is 3.67. The van der Waals surface area contributed by atoms with Gasteiger partial charge in [-0.2, -0.15) is 4.52 Å². The van der Waals surface area contributed by atoms with Crippen LogP contribution in [0.1, 0.15) is 5.56 Å². The number of para-hydroxylation sites is 2. The van der Waals surface area contributed by atoms with E-state index in [0.29, 0.717) is 28.4 Å². The number of amides is 1. The molecule has 0 radical (unpaired) electrons. The Morgan fingerprint density at radius 2 is 1.82 bits per heavy atom. The van der Waals surface area contributed by atoms with E-state index in [1.165, 1.54) is 9.08 Å². The largest absolute Gasteiger partial charge is 0.497 e. The van der Waals surface area contributed by atoms with Gasteiger partial charge in [-0.25, -0.2) is 9.78 Å². The third-order valence-corrected chi connectivity index (χ3v) is 5.50. The van der Waals surface area contributed by atoms with Crippen molar-refractivity contribution in [2.75, 3.05) is 12.4 Å². The maximum Gasteiger partial charge on any atom is 0.351 e.